The Morgan fingerprint density at radius 1 is 1.25 bits per heavy atom. The number of pyridine rings is 1. The maximum Gasteiger partial charge on any atom is 0.149 e. The number of aryl methyl sites for hydroxylation is 1. The molecule has 5 heteroatoms. The van der Waals surface area contributed by atoms with E-state index in [0.717, 1.165) is 26.2 Å². The van der Waals surface area contributed by atoms with Crippen LogP contribution < -0.4 is 4.74 Å². The van der Waals surface area contributed by atoms with Gasteiger partial charge >= 0.3 is 0 Å². The van der Waals surface area contributed by atoms with Crippen molar-refractivity contribution >= 4 is 33.6 Å². The van der Waals surface area contributed by atoms with Gasteiger partial charge in [-0.3, -0.25) is 0 Å². The van der Waals surface area contributed by atoms with Crippen LogP contribution in [-0.4, -0.2) is 21.9 Å². The molecular formula is C15H14IN3O. The van der Waals surface area contributed by atoms with Gasteiger partial charge < -0.3 is 4.74 Å². The van der Waals surface area contributed by atoms with Crippen LogP contribution in [-0.2, 0) is 0 Å². The van der Waals surface area contributed by atoms with Gasteiger partial charge in [0.25, 0.3) is 0 Å². The number of halogens is 1. The molecule has 102 valence electrons. The average molecular weight is 379 g/mol. The van der Waals surface area contributed by atoms with E-state index in [1.807, 2.05) is 16.8 Å². The summed E-state index contributed by atoms with van der Waals surface area (Å²) in [5.41, 5.74) is 5.40. The van der Waals surface area contributed by atoms with Crippen molar-refractivity contribution in [3.8, 4) is 11.4 Å². The van der Waals surface area contributed by atoms with Crippen LogP contribution in [0.15, 0.2) is 30.5 Å². The smallest absolute Gasteiger partial charge is 0.149 e. The quantitative estimate of drug-likeness (QED) is 0.639. The van der Waals surface area contributed by atoms with Gasteiger partial charge in [0.15, 0.2) is 0 Å². The number of hydrogen-bond donors (Lipinski definition) is 0. The summed E-state index contributed by atoms with van der Waals surface area (Å²) in [5.74, 6) is 0.736. The number of aromatic nitrogens is 3. The topological polar surface area (TPSA) is 39.9 Å². The number of nitrogens with zero attached hydrogens (tertiary/aromatic N) is 3. The molecule has 1 aromatic carbocycles. The molecule has 0 aliphatic carbocycles. The van der Waals surface area contributed by atoms with Crippen molar-refractivity contribution in [3.05, 3.63) is 45.3 Å². The highest BCUT2D eigenvalue weighted by atomic mass is 127. The Bertz CT molecular complexity index is 795. The van der Waals surface area contributed by atoms with Gasteiger partial charge in [0.1, 0.15) is 15.0 Å². The highest BCUT2D eigenvalue weighted by molar-refractivity contribution is 14.1. The minimum atomic E-state index is 0.736. The molecule has 0 saturated carbocycles. The highest BCUT2D eigenvalue weighted by Crippen LogP contribution is 2.27. The first kappa shape index (κ1) is 13.4. The van der Waals surface area contributed by atoms with E-state index in [2.05, 4.69) is 58.7 Å². The molecule has 0 amide bonds. The molecule has 0 spiro atoms. The average Bonchev–Trinajstić information content (AvgIpc) is 2.78. The number of fused-ring (bicyclic) bond motifs is 1. The lowest BCUT2D eigenvalue weighted by Gasteiger charge is -2.09. The van der Waals surface area contributed by atoms with Gasteiger partial charge in [0.2, 0.25) is 0 Å². The number of benzene rings is 1. The van der Waals surface area contributed by atoms with Crippen molar-refractivity contribution in [2.45, 2.75) is 13.8 Å². The van der Waals surface area contributed by atoms with Gasteiger partial charge in [-0.2, -0.15) is 5.10 Å². The fraction of sp³-hybridized carbons (Fsp3) is 0.200. The maximum atomic E-state index is 5.27. The van der Waals surface area contributed by atoms with Gasteiger partial charge in [0.05, 0.1) is 24.5 Å². The Labute approximate surface area is 130 Å². The van der Waals surface area contributed by atoms with Crippen molar-refractivity contribution < 1.29 is 4.74 Å². The van der Waals surface area contributed by atoms with Gasteiger partial charge in [-0.05, 0) is 53.6 Å². The molecule has 0 bridgehead atoms. The van der Waals surface area contributed by atoms with Crippen LogP contribution in [0, 0.1) is 17.5 Å². The molecule has 2 heterocycles. The Kier molecular flexibility index (Phi) is 3.37. The molecule has 2 aromatic heterocycles. The van der Waals surface area contributed by atoms with Crippen molar-refractivity contribution in [3.63, 3.8) is 0 Å². The molecule has 0 aliphatic heterocycles. The fourth-order valence-corrected chi connectivity index (χ4v) is 2.84. The molecule has 0 fully saturated rings. The first-order valence-electron chi connectivity index (χ1n) is 6.26. The van der Waals surface area contributed by atoms with Crippen LogP contribution in [0.5, 0.6) is 5.75 Å². The second-order valence-corrected chi connectivity index (χ2v) is 5.69. The van der Waals surface area contributed by atoms with E-state index in [0.29, 0.717) is 0 Å². The first-order valence-corrected chi connectivity index (χ1v) is 7.34. The third-order valence-corrected chi connectivity index (χ3v) is 4.22. The molecule has 0 atom stereocenters. The fourth-order valence-electron chi connectivity index (χ4n) is 2.20. The van der Waals surface area contributed by atoms with Gasteiger partial charge in [-0.15, -0.1) is 0 Å². The molecule has 0 saturated heterocycles. The Hall–Kier alpha value is -1.63. The molecule has 20 heavy (non-hydrogen) atoms. The lowest BCUT2D eigenvalue weighted by molar-refractivity contribution is 0.413. The summed E-state index contributed by atoms with van der Waals surface area (Å²) in [6.07, 6.45) is 1.72. The number of ether oxygens (including phenoxy) is 1. The van der Waals surface area contributed by atoms with Crippen molar-refractivity contribution in [2.24, 2.45) is 0 Å². The second kappa shape index (κ2) is 5.05. The largest absolute Gasteiger partial charge is 0.495 e. The van der Waals surface area contributed by atoms with E-state index in [1.54, 1.807) is 13.3 Å². The first-order chi connectivity index (χ1) is 9.61. The molecule has 0 unspecified atom stereocenters. The predicted molar refractivity (Wildman–Crippen MR) is 87.6 cm³/mol. The van der Waals surface area contributed by atoms with Crippen molar-refractivity contribution in [2.75, 3.05) is 7.11 Å². The molecule has 3 rings (SSSR count). The zero-order valence-corrected chi connectivity index (χ0v) is 13.7. The lowest BCUT2D eigenvalue weighted by atomic mass is 10.1. The standard InChI is InChI=1S/C15H14IN3O/c1-9-5-4-6-12(10(9)2)19-13-7-11(20-3)8-17-14(13)15(16)18-19/h4-8H,1-3H3. The van der Waals surface area contributed by atoms with Crippen molar-refractivity contribution in [1.29, 1.82) is 0 Å². The summed E-state index contributed by atoms with van der Waals surface area (Å²) in [6, 6.07) is 8.20. The molecule has 0 aliphatic rings. The van der Waals surface area contributed by atoms with Crippen LogP contribution >= 0.6 is 22.6 Å². The monoisotopic (exact) mass is 379 g/mol. The van der Waals surface area contributed by atoms with Crippen molar-refractivity contribution in [1.82, 2.24) is 14.8 Å². The van der Waals surface area contributed by atoms with E-state index in [-0.39, 0.29) is 0 Å². The SMILES string of the molecule is COc1cnc2c(I)nn(-c3cccc(C)c3C)c2c1. The Morgan fingerprint density at radius 2 is 2.05 bits per heavy atom. The van der Waals surface area contributed by atoms with Crippen LogP contribution in [0.1, 0.15) is 11.1 Å². The number of methoxy groups -OCH3 is 1. The van der Waals surface area contributed by atoms with Crippen LogP contribution in [0.4, 0.5) is 0 Å². The highest BCUT2D eigenvalue weighted by Gasteiger charge is 2.14. The molecular weight excluding hydrogens is 365 g/mol. The van der Waals surface area contributed by atoms with E-state index < -0.39 is 0 Å². The Morgan fingerprint density at radius 3 is 2.80 bits per heavy atom. The van der Waals surface area contributed by atoms with Gasteiger partial charge in [-0.1, -0.05) is 12.1 Å². The summed E-state index contributed by atoms with van der Waals surface area (Å²) < 4.78 is 8.10. The normalized spacial score (nSPS) is 11.0. The van der Waals surface area contributed by atoms with Crippen LogP contribution in [0.2, 0.25) is 0 Å². The maximum absolute atomic E-state index is 5.27. The van der Waals surface area contributed by atoms with E-state index in [4.69, 9.17) is 4.74 Å². The zero-order valence-electron chi connectivity index (χ0n) is 11.5. The molecule has 0 N–H and O–H groups in total. The van der Waals surface area contributed by atoms with Crippen LogP contribution in [0.3, 0.4) is 0 Å². The molecule has 4 nitrogen and oxygen atoms in total. The van der Waals surface area contributed by atoms with E-state index in [9.17, 15) is 0 Å². The summed E-state index contributed by atoms with van der Waals surface area (Å²) >= 11 is 2.21. The predicted octanol–water partition coefficient (Wildman–Crippen LogP) is 3.65. The molecule has 0 radical (unpaired) electrons. The third kappa shape index (κ3) is 2.06. The number of rotatable bonds is 2. The number of hydrogen-bond acceptors (Lipinski definition) is 3. The third-order valence-electron chi connectivity index (χ3n) is 3.49. The summed E-state index contributed by atoms with van der Waals surface area (Å²) in [6.45, 7) is 4.22. The minimum Gasteiger partial charge on any atom is -0.495 e. The zero-order chi connectivity index (χ0) is 14.3. The van der Waals surface area contributed by atoms with Gasteiger partial charge in [0, 0.05) is 6.07 Å². The summed E-state index contributed by atoms with van der Waals surface area (Å²) in [4.78, 5) is 4.43. The van der Waals surface area contributed by atoms with E-state index >= 15 is 0 Å². The Balaban J connectivity index is 2.33. The summed E-state index contributed by atoms with van der Waals surface area (Å²) in [7, 11) is 1.65. The van der Waals surface area contributed by atoms with Gasteiger partial charge in [-0.25, -0.2) is 9.67 Å². The van der Waals surface area contributed by atoms with E-state index in [1.165, 1.54) is 11.1 Å². The molecule has 3 aromatic rings. The van der Waals surface area contributed by atoms with Crippen LogP contribution in [0.25, 0.3) is 16.7 Å². The lowest BCUT2D eigenvalue weighted by Crippen LogP contribution is -2.00. The summed E-state index contributed by atoms with van der Waals surface area (Å²) in [5, 5.41) is 4.62. The second-order valence-electron chi connectivity index (χ2n) is 4.66. The minimum absolute atomic E-state index is 0.736.